The minimum absolute atomic E-state index is 0.0288. The van der Waals surface area contributed by atoms with Crippen molar-refractivity contribution in [1.29, 1.82) is 0 Å². The van der Waals surface area contributed by atoms with Gasteiger partial charge >= 0.3 is 0 Å². The molecule has 1 aliphatic heterocycles. The summed E-state index contributed by atoms with van der Waals surface area (Å²) in [5.74, 6) is -0.183. The van der Waals surface area contributed by atoms with E-state index in [0.29, 0.717) is 13.0 Å². The molecule has 1 saturated heterocycles. The molecule has 0 aromatic heterocycles. The Bertz CT molecular complexity index is 444. The Kier molecular flexibility index (Phi) is 6.42. The fraction of sp³-hybridized carbons (Fsp3) is 0.824. The van der Waals surface area contributed by atoms with Crippen LogP contribution in [-0.4, -0.2) is 47.8 Å². The second kappa shape index (κ2) is 8.31. The highest BCUT2D eigenvalue weighted by molar-refractivity contribution is 5.91. The molecule has 1 aliphatic carbocycles. The molecule has 0 unspecified atom stereocenters. The van der Waals surface area contributed by atoms with E-state index < -0.39 is 6.04 Å². The molecule has 0 radical (unpaired) electrons. The van der Waals surface area contributed by atoms with Gasteiger partial charge in [-0.25, -0.2) is 0 Å². The molecular weight excluding hydrogens is 294 g/mol. The highest BCUT2D eigenvalue weighted by Crippen LogP contribution is 2.28. The highest BCUT2D eigenvalue weighted by atomic mass is 16.2. The Hall–Kier alpha value is -1.59. The number of hydrogen-bond acceptors (Lipinski definition) is 3. The quantitative estimate of drug-likeness (QED) is 0.798. The summed E-state index contributed by atoms with van der Waals surface area (Å²) < 4.78 is 0. The van der Waals surface area contributed by atoms with Crippen LogP contribution in [0.15, 0.2) is 0 Å². The monoisotopic (exact) mass is 323 g/mol. The fourth-order valence-corrected chi connectivity index (χ4v) is 3.55. The van der Waals surface area contributed by atoms with Gasteiger partial charge in [0.1, 0.15) is 6.04 Å². The molecule has 0 aromatic carbocycles. The van der Waals surface area contributed by atoms with E-state index >= 15 is 0 Å². The van der Waals surface area contributed by atoms with Crippen LogP contribution in [0.4, 0.5) is 0 Å². The molecule has 2 rings (SSSR count). The van der Waals surface area contributed by atoms with Crippen LogP contribution in [0.5, 0.6) is 0 Å². The summed E-state index contributed by atoms with van der Waals surface area (Å²) in [6, 6.07) is -0.355. The molecule has 1 atom stereocenters. The first-order valence-corrected chi connectivity index (χ1v) is 8.86. The van der Waals surface area contributed by atoms with Gasteiger partial charge in [0.25, 0.3) is 0 Å². The minimum atomic E-state index is -0.406. The van der Waals surface area contributed by atoms with Crippen LogP contribution in [0.25, 0.3) is 0 Å². The van der Waals surface area contributed by atoms with E-state index in [9.17, 15) is 14.4 Å². The van der Waals surface area contributed by atoms with Gasteiger partial charge in [0.05, 0.1) is 6.54 Å². The Morgan fingerprint density at radius 3 is 2.39 bits per heavy atom. The van der Waals surface area contributed by atoms with Crippen LogP contribution in [0.2, 0.25) is 0 Å². The number of rotatable bonds is 5. The first kappa shape index (κ1) is 17.8. The van der Waals surface area contributed by atoms with E-state index in [1.165, 1.54) is 6.42 Å². The largest absolute Gasteiger partial charge is 0.352 e. The standard InChI is InChI=1S/C17H29N3O3/c1-12(2)19-15(21)11-18-16(22)14-9-6-10-20(14)17(23)13-7-4-3-5-8-13/h12-14H,3-11H2,1-2H3,(H,18,22)(H,19,21)/t14-/m0/s1. The number of nitrogens with one attached hydrogen (secondary N) is 2. The molecule has 130 valence electrons. The van der Waals surface area contributed by atoms with Gasteiger partial charge in [0.2, 0.25) is 17.7 Å². The van der Waals surface area contributed by atoms with E-state index in [2.05, 4.69) is 10.6 Å². The van der Waals surface area contributed by atoms with Crippen LogP contribution < -0.4 is 10.6 Å². The lowest BCUT2D eigenvalue weighted by molar-refractivity contribution is -0.142. The van der Waals surface area contributed by atoms with Gasteiger partial charge in [-0.1, -0.05) is 19.3 Å². The summed E-state index contributed by atoms with van der Waals surface area (Å²) in [7, 11) is 0. The Morgan fingerprint density at radius 1 is 1.04 bits per heavy atom. The molecule has 3 amide bonds. The number of likely N-dealkylation sites (tertiary alicyclic amines) is 1. The van der Waals surface area contributed by atoms with Crippen molar-refractivity contribution in [2.75, 3.05) is 13.1 Å². The predicted molar refractivity (Wildman–Crippen MR) is 87.6 cm³/mol. The molecule has 23 heavy (non-hydrogen) atoms. The van der Waals surface area contributed by atoms with Crippen LogP contribution in [-0.2, 0) is 14.4 Å². The van der Waals surface area contributed by atoms with Crippen molar-refractivity contribution in [3.8, 4) is 0 Å². The molecule has 0 bridgehead atoms. The molecule has 1 saturated carbocycles. The van der Waals surface area contributed by atoms with Crippen molar-refractivity contribution < 1.29 is 14.4 Å². The van der Waals surface area contributed by atoms with Crippen molar-refractivity contribution in [2.24, 2.45) is 5.92 Å². The summed E-state index contributed by atoms with van der Waals surface area (Å²) in [6.07, 6.45) is 6.86. The number of carbonyl (C=O) groups excluding carboxylic acids is 3. The third kappa shape index (κ3) is 4.94. The summed E-state index contributed by atoms with van der Waals surface area (Å²) >= 11 is 0. The number of amides is 3. The Balaban J connectivity index is 1.86. The zero-order valence-electron chi connectivity index (χ0n) is 14.3. The molecule has 0 spiro atoms. The molecule has 0 aromatic rings. The number of hydrogen-bond donors (Lipinski definition) is 2. The summed E-state index contributed by atoms with van der Waals surface area (Å²) in [5.41, 5.74) is 0. The molecular formula is C17H29N3O3. The minimum Gasteiger partial charge on any atom is -0.352 e. The molecule has 2 fully saturated rings. The van der Waals surface area contributed by atoms with Crippen LogP contribution in [0, 0.1) is 5.92 Å². The summed E-state index contributed by atoms with van der Waals surface area (Å²) in [6.45, 7) is 4.38. The Labute approximate surface area is 138 Å². The van der Waals surface area contributed by atoms with E-state index in [4.69, 9.17) is 0 Å². The normalized spacial score (nSPS) is 22.2. The fourth-order valence-electron chi connectivity index (χ4n) is 3.55. The first-order valence-electron chi connectivity index (χ1n) is 8.86. The van der Waals surface area contributed by atoms with Crippen LogP contribution >= 0.6 is 0 Å². The zero-order chi connectivity index (χ0) is 16.8. The van der Waals surface area contributed by atoms with Gasteiger partial charge in [-0.2, -0.15) is 0 Å². The molecule has 1 heterocycles. The third-order valence-corrected chi connectivity index (χ3v) is 4.67. The zero-order valence-corrected chi connectivity index (χ0v) is 14.3. The smallest absolute Gasteiger partial charge is 0.243 e. The lowest BCUT2D eigenvalue weighted by Gasteiger charge is -2.30. The van der Waals surface area contributed by atoms with Gasteiger partial charge in [-0.3, -0.25) is 14.4 Å². The average molecular weight is 323 g/mol. The average Bonchev–Trinajstić information content (AvgIpc) is 3.01. The maximum Gasteiger partial charge on any atom is 0.243 e. The predicted octanol–water partition coefficient (Wildman–Crippen LogP) is 1.20. The second-order valence-electron chi connectivity index (χ2n) is 6.96. The van der Waals surface area contributed by atoms with E-state index in [1.54, 1.807) is 4.90 Å². The van der Waals surface area contributed by atoms with E-state index in [1.807, 2.05) is 13.8 Å². The maximum atomic E-state index is 12.7. The first-order chi connectivity index (χ1) is 11.0. The van der Waals surface area contributed by atoms with Crippen molar-refractivity contribution in [3.05, 3.63) is 0 Å². The topological polar surface area (TPSA) is 78.5 Å². The highest BCUT2D eigenvalue weighted by Gasteiger charge is 2.37. The second-order valence-corrected chi connectivity index (χ2v) is 6.96. The van der Waals surface area contributed by atoms with Gasteiger partial charge in [0, 0.05) is 18.5 Å². The van der Waals surface area contributed by atoms with Gasteiger partial charge in [-0.15, -0.1) is 0 Å². The molecule has 2 N–H and O–H groups in total. The lowest BCUT2D eigenvalue weighted by atomic mass is 9.88. The van der Waals surface area contributed by atoms with E-state index in [-0.39, 0.29) is 36.2 Å². The molecule has 6 nitrogen and oxygen atoms in total. The SMILES string of the molecule is CC(C)NC(=O)CNC(=O)[C@@H]1CCCN1C(=O)C1CCCCC1. The summed E-state index contributed by atoms with van der Waals surface area (Å²) in [5, 5.41) is 5.41. The number of carbonyl (C=O) groups is 3. The summed E-state index contributed by atoms with van der Waals surface area (Å²) in [4.78, 5) is 38.4. The maximum absolute atomic E-state index is 12.7. The van der Waals surface area contributed by atoms with Crippen molar-refractivity contribution >= 4 is 17.7 Å². The van der Waals surface area contributed by atoms with Crippen LogP contribution in [0.1, 0.15) is 58.8 Å². The van der Waals surface area contributed by atoms with Gasteiger partial charge in [0.15, 0.2) is 0 Å². The molecule has 6 heteroatoms. The Morgan fingerprint density at radius 2 is 1.74 bits per heavy atom. The van der Waals surface area contributed by atoms with Gasteiger partial charge in [-0.05, 0) is 39.5 Å². The van der Waals surface area contributed by atoms with Crippen LogP contribution in [0.3, 0.4) is 0 Å². The van der Waals surface area contributed by atoms with E-state index in [0.717, 1.165) is 32.1 Å². The number of nitrogens with zero attached hydrogens (tertiary/aromatic N) is 1. The van der Waals surface area contributed by atoms with Gasteiger partial charge < -0.3 is 15.5 Å². The molecule has 2 aliphatic rings. The van der Waals surface area contributed by atoms with Crippen molar-refractivity contribution in [1.82, 2.24) is 15.5 Å². The van der Waals surface area contributed by atoms with Crippen molar-refractivity contribution in [2.45, 2.75) is 70.9 Å². The lowest BCUT2D eigenvalue weighted by Crippen LogP contribution is -2.50. The third-order valence-electron chi connectivity index (χ3n) is 4.67. The van der Waals surface area contributed by atoms with Crippen molar-refractivity contribution in [3.63, 3.8) is 0 Å².